The molecule has 9 heteroatoms. The monoisotopic (exact) mass is 463 g/mol. The molecule has 33 heavy (non-hydrogen) atoms. The first-order valence-electron chi connectivity index (χ1n) is 10.5. The van der Waals surface area contributed by atoms with E-state index in [0.29, 0.717) is 22.4 Å². The van der Waals surface area contributed by atoms with Crippen LogP contribution in [0.2, 0.25) is 0 Å². The number of carbonyl (C=O) groups is 1. The number of amidine groups is 1. The molecule has 1 aliphatic heterocycles. The Morgan fingerprint density at radius 2 is 1.76 bits per heavy atom. The first kappa shape index (κ1) is 22.5. The fourth-order valence-electron chi connectivity index (χ4n) is 4.11. The number of nitrogens with zero attached hydrogens (tertiary/aromatic N) is 1. The SMILES string of the molecule is N=C(N)c1cccc(N2CCCC2C(=O)Nc2ccc(-c3ccccc3S(N)(=O)=O)cc2)c1. The average Bonchev–Trinajstić information content (AvgIpc) is 3.29. The third-order valence-corrected chi connectivity index (χ3v) is 6.67. The number of primary sulfonamides is 1. The van der Waals surface area contributed by atoms with Gasteiger partial charge in [-0.3, -0.25) is 10.2 Å². The molecule has 1 unspecified atom stereocenters. The van der Waals surface area contributed by atoms with Gasteiger partial charge < -0.3 is 16.0 Å². The Balaban J connectivity index is 1.52. The molecule has 8 nitrogen and oxygen atoms in total. The minimum absolute atomic E-state index is 0.0128. The molecule has 1 aliphatic rings. The number of rotatable bonds is 6. The minimum atomic E-state index is -3.86. The molecule has 0 aromatic heterocycles. The van der Waals surface area contributed by atoms with Gasteiger partial charge in [-0.2, -0.15) is 0 Å². The van der Waals surface area contributed by atoms with Crippen molar-refractivity contribution in [3.8, 4) is 11.1 Å². The molecule has 0 aliphatic carbocycles. The molecule has 0 saturated carbocycles. The van der Waals surface area contributed by atoms with Crippen LogP contribution in [0, 0.1) is 5.41 Å². The molecule has 0 bridgehead atoms. The molecule has 0 radical (unpaired) electrons. The van der Waals surface area contributed by atoms with E-state index in [2.05, 4.69) is 5.32 Å². The van der Waals surface area contributed by atoms with Crippen LogP contribution >= 0.6 is 0 Å². The van der Waals surface area contributed by atoms with E-state index in [1.54, 1.807) is 48.5 Å². The topological polar surface area (TPSA) is 142 Å². The molecular formula is C24H25N5O3S. The summed E-state index contributed by atoms with van der Waals surface area (Å²) in [6.07, 6.45) is 1.60. The summed E-state index contributed by atoms with van der Waals surface area (Å²) < 4.78 is 23.8. The number of amides is 1. The fourth-order valence-corrected chi connectivity index (χ4v) is 4.87. The van der Waals surface area contributed by atoms with Crippen LogP contribution in [0.4, 0.5) is 11.4 Å². The summed E-state index contributed by atoms with van der Waals surface area (Å²) in [4.78, 5) is 15.1. The third kappa shape index (κ3) is 4.89. The van der Waals surface area contributed by atoms with E-state index in [9.17, 15) is 13.2 Å². The number of hydrogen-bond acceptors (Lipinski definition) is 5. The number of nitrogen functional groups attached to an aromatic ring is 1. The minimum Gasteiger partial charge on any atom is -0.384 e. The van der Waals surface area contributed by atoms with E-state index in [0.717, 1.165) is 25.1 Å². The zero-order chi connectivity index (χ0) is 23.6. The van der Waals surface area contributed by atoms with Crippen LogP contribution in [0.5, 0.6) is 0 Å². The summed E-state index contributed by atoms with van der Waals surface area (Å²) in [5.74, 6) is -0.139. The second-order valence-electron chi connectivity index (χ2n) is 7.92. The molecule has 6 N–H and O–H groups in total. The van der Waals surface area contributed by atoms with Crippen LogP contribution < -0.4 is 21.1 Å². The van der Waals surface area contributed by atoms with Crippen molar-refractivity contribution in [1.82, 2.24) is 0 Å². The smallest absolute Gasteiger partial charge is 0.247 e. The zero-order valence-electron chi connectivity index (χ0n) is 17.9. The number of sulfonamides is 1. The summed E-state index contributed by atoms with van der Waals surface area (Å²) in [5, 5.41) is 15.9. The predicted molar refractivity (Wildman–Crippen MR) is 130 cm³/mol. The standard InChI is InChI=1S/C24H25N5O3S/c25-23(26)17-5-3-6-19(15-17)29-14-4-8-21(29)24(30)28-18-12-10-16(11-13-18)20-7-1-2-9-22(20)33(27,31)32/h1-3,5-7,9-13,15,21H,4,8,14H2,(H3,25,26)(H,28,30)(H2,27,31,32). The van der Waals surface area contributed by atoms with Crippen LogP contribution in [0.25, 0.3) is 11.1 Å². The van der Waals surface area contributed by atoms with Crippen LogP contribution in [-0.4, -0.2) is 32.7 Å². The molecule has 1 fully saturated rings. The molecule has 0 spiro atoms. The molecule has 1 atom stereocenters. The molecule has 170 valence electrons. The van der Waals surface area contributed by atoms with Crippen molar-refractivity contribution >= 4 is 33.1 Å². The maximum absolute atomic E-state index is 13.0. The zero-order valence-corrected chi connectivity index (χ0v) is 18.7. The molecule has 3 aromatic rings. The molecular weight excluding hydrogens is 438 g/mol. The molecule has 1 heterocycles. The Bertz CT molecular complexity index is 1310. The summed E-state index contributed by atoms with van der Waals surface area (Å²) in [6.45, 7) is 0.739. The highest BCUT2D eigenvalue weighted by Crippen LogP contribution is 2.29. The lowest BCUT2D eigenvalue weighted by Crippen LogP contribution is -2.39. The van der Waals surface area contributed by atoms with Crippen molar-refractivity contribution < 1.29 is 13.2 Å². The lowest BCUT2D eigenvalue weighted by atomic mass is 10.1. The van der Waals surface area contributed by atoms with E-state index in [4.69, 9.17) is 16.3 Å². The van der Waals surface area contributed by atoms with Crippen LogP contribution in [0.1, 0.15) is 18.4 Å². The molecule has 1 amide bonds. The van der Waals surface area contributed by atoms with E-state index in [1.165, 1.54) is 6.07 Å². The van der Waals surface area contributed by atoms with Gasteiger partial charge in [0.15, 0.2) is 0 Å². The molecule has 1 saturated heterocycles. The van der Waals surface area contributed by atoms with Gasteiger partial charge in [0.05, 0.1) is 4.90 Å². The van der Waals surface area contributed by atoms with Crippen LogP contribution in [0.3, 0.4) is 0 Å². The largest absolute Gasteiger partial charge is 0.384 e. The van der Waals surface area contributed by atoms with Crippen molar-refractivity contribution in [2.24, 2.45) is 10.9 Å². The fraction of sp³-hybridized carbons (Fsp3) is 0.167. The van der Waals surface area contributed by atoms with Crippen molar-refractivity contribution in [3.05, 3.63) is 78.4 Å². The Morgan fingerprint density at radius 3 is 2.45 bits per heavy atom. The first-order chi connectivity index (χ1) is 15.7. The quantitative estimate of drug-likeness (QED) is 0.328. The van der Waals surface area contributed by atoms with Gasteiger partial charge in [-0.05, 0) is 48.7 Å². The molecule has 4 rings (SSSR count). The lowest BCUT2D eigenvalue weighted by Gasteiger charge is -2.26. The highest BCUT2D eigenvalue weighted by atomic mass is 32.2. The molecule has 3 aromatic carbocycles. The number of carbonyl (C=O) groups excluding carboxylic acids is 1. The number of nitrogens with one attached hydrogen (secondary N) is 2. The summed E-state index contributed by atoms with van der Waals surface area (Å²) >= 11 is 0. The highest BCUT2D eigenvalue weighted by molar-refractivity contribution is 7.89. The van der Waals surface area contributed by atoms with Gasteiger partial charge >= 0.3 is 0 Å². The van der Waals surface area contributed by atoms with Gasteiger partial charge in [0.25, 0.3) is 0 Å². The third-order valence-electron chi connectivity index (χ3n) is 5.70. The second-order valence-corrected chi connectivity index (χ2v) is 9.45. The van der Waals surface area contributed by atoms with E-state index < -0.39 is 10.0 Å². The lowest BCUT2D eigenvalue weighted by molar-refractivity contribution is -0.117. The van der Waals surface area contributed by atoms with E-state index >= 15 is 0 Å². The van der Waals surface area contributed by atoms with E-state index in [1.807, 2.05) is 23.1 Å². The van der Waals surface area contributed by atoms with Crippen molar-refractivity contribution in [3.63, 3.8) is 0 Å². The van der Waals surface area contributed by atoms with Gasteiger partial charge in [0.2, 0.25) is 15.9 Å². The van der Waals surface area contributed by atoms with Gasteiger partial charge in [0.1, 0.15) is 11.9 Å². The maximum atomic E-state index is 13.0. The number of nitrogens with two attached hydrogens (primary N) is 2. The van der Waals surface area contributed by atoms with E-state index in [-0.39, 0.29) is 22.7 Å². The van der Waals surface area contributed by atoms with Crippen molar-refractivity contribution in [1.29, 1.82) is 5.41 Å². The van der Waals surface area contributed by atoms with Gasteiger partial charge in [-0.25, -0.2) is 13.6 Å². The number of benzene rings is 3. The first-order valence-corrected chi connectivity index (χ1v) is 12.0. The number of hydrogen-bond donors (Lipinski definition) is 4. The Kier molecular flexibility index (Phi) is 6.17. The van der Waals surface area contributed by atoms with Crippen molar-refractivity contribution in [2.45, 2.75) is 23.8 Å². The van der Waals surface area contributed by atoms with Crippen LogP contribution in [0.15, 0.2) is 77.7 Å². The van der Waals surface area contributed by atoms with Crippen molar-refractivity contribution in [2.75, 3.05) is 16.8 Å². The summed E-state index contributed by atoms with van der Waals surface area (Å²) in [7, 11) is -3.86. The summed E-state index contributed by atoms with van der Waals surface area (Å²) in [5.41, 5.74) is 8.89. The Morgan fingerprint density at radius 1 is 1.03 bits per heavy atom. The maximum Gasteiger partial charge on any atom is 0.247 e. The average molecular weight is 464 g/mol. The van der Waals surface area contributed by atoms with Gasteiger partial charge in [-0.15, -0.1) is 0 Å². The summed E-state index contributed by atoms with van der Waals surface area (Å²) in [6, 6.07) is 20.5. The number of anilines is 2. The van der Waals surface area contributed by atoms with Gasteiger partial charge in [0, 0.05) is 29.0 Å². The van der Waals surface area contributed by atoms with Crippen LogP contribution in [-0.2, 0) is 14.8 Å². The normalized spacial score (nSPS) is 15.9. The Labute approximate surface area is 192 Å². The van der Waals surface area contributed by atoms with Gasteiger partial charge in [-0.1, -0.05) is 42.5 Å². The predicted octanol–water partition coefficient (Wildman–Crippen LogP) is 2.89. The highest BCUT2D eigenvalue weighted by Gasteiger charge is 2.31. The second kappa shape index (κ2) is 9.05. The Hall–Kier alpha value is -3.69.